The molecule has 4 rings (SSSR count). The maximum Gasteiger partial charge on any atom is 0.300 e. The third-order valence-corrected chi connectivity index (χ3v) is 6.29. The molecule has 3 aromatic rings. The predicted octanol–water partition coefficient (Wildman–Crippen LogP) is 5.78. The van der Waals surface area contributed by atoms with E-state index in [1.54, 1.807) is 24.3 Å². The number of carbonyl (C=O) groups is 2. The summed E-state index contributed by atoms with van der Waals surface area (Å²) >= 11 is 1.45. The van der Waals surface area contributed by atoms with Gasteiger partial charge in [0.1, 0.15) is 17.6 Å². The van der Waals surface area contributed by atoms with E-state index in [4.69, 9.17) is 4.74 Å². The molecule has 1 fully saturated rings. The molecule has 1 unspecified atom stereocenters. The second kappa shape index (κ2) is 8.63. The first-order valence-electron chi connectivity index (χ1n) is 10.5. The van der Waals surface area contributed by atoms with Crippen LogP contribution in [0.4, 0.5) is 5.69 Å². The standard InChI is InChI=1S/C26H25NO4S/c1-15(2)31-19-10-8-18(9-11-19)24(28)22-23(21-6-5-13-32-21)27(26(30)25(22)29)20-12-7-16(3)14-17(20)4/h5-15,23,28H,1-4H3/b24-22-. The average Bonchev–Trinajstić information content (AvgIpc) is 3.35. The Kier molecular flexibility index (Phi) is 5.89. The number of hydrogen-bond acceptors (Lipinski definition) is 5. The molecule has 164 valence electrons. The van der Waals surface area contributed by atoms with E-state index in [0.29, 0.717) is 17.0 Å². The predicted molar refractivity (Wildman–Crippen MR) is 127 cm³/mol. The zero-order valence-electron chi connectivity index (χ0n) is 18.5. The smallest absolute Gasteiger partial charge is 0.300 e. The highest BCUT2D eigenvalue weighted by Gasteiger charge is 2.47. The van der Waals surface area contributed by atoms with Gasteiger partial charge in [-0.2, -0.15) is 0 Å². The van der Waals surface area contributed by atoms with Crippen molar-refractivity contribution in [3.8, 4) is 5.75 Å². The molecule has 0 aliphatic carbocycles. The molecule has 1 aromatic heterocycles. The molecule has 2 heterocycles. The molecule has 1 aliphatic rings. The van der Waals surface area contributed by atoms with E-state index < -0.39 is 17.7 Å². The van der Waals surface area contributed by atoms with Gasteiger partial charge in [-0.3, -0.25) is 14.5 Å². The van der Waals surface area contributed by atoms with Crippen molar-refractivity contribution in [3.05, 3.63) is 87.1 Å². The number of nitrogens with zero attached hydrogens (tertiary/aromatic N) is 1. The lowest BCUT2D eigenvalue weighted by Gasteiger charge is -2.26. The van der Waals surface area contributed by atoms with E-state index in [1.807, 2.05) is 63.4 Å². The zero-order valence-corrected chi connectivity index (χ0v) is 19.3. The molecule has 0 radical (unpaired) electrons. The Bertz CT molecular complexity index is 1190. The number of ether oxygens (including phenoxy) is 1. The van der Waals surface area contributed by atoms with Crippen molar-refractivity contribution in [1.29, 1.82) is 0 Å². The summed E-state index contributed by atoms with van der Waals surface area (Å²) in [4.78, 5) is 28.7. The SMILES string of the molecule is Cc1ccc(N2C(=O)C(=O)/C(=C(\O)c3ccc(OC(C)C)cc3)C2c2cccs2)c(C)c1. The minimum Gasteiger partial charge on any atom is -0.507 e. The van der Waals surface area contributed by atoms with Gasteiger partial charge in [-0.15, -0.1) is 11.3 Å². The first kappa shape index (κ1) is 21.8. The Morgan fingerprint density at radius 2 is 1.78 bits per heavy atom. The Labute approximate surface area is 191 Å². The summed E-state index contributed by atoms with van der Waals surface area (Å²) < 4.78 is 5.66. The van der Waals surface area contributed by atoms with E-state index >= 15 is 0 Å². The molecule has 2 aromatic carbocycles. The second-order valence-corrected chi connectivity index (χ2v) is 9.14. The first-order valence-corrected chi connectivity index (χ1v) is 11.3. The number of ketones is 1. The number of rotatable bonds is 5. The highest BCUT2D eigenvalue weighted by molar-refractivity contribution is 7.10. The normalized spacial score (nSPS) is 17.9. The van der Waals surface area contributed by atoms with Gasteiger partial charge in [0, 0.05) is 16.1 Å². The molecule has 1 saturated heterocycles. The van der Waals surface area contributed by atoms with Crippen molar-refractivity contribution in [2.24, 2.45) is 0 Å². The van der Waals surface area contributed by atoms with E-state index in [0.717, 1.165) is 16.0 Å². The Hall–Kier alpha value is -3.38. The molecule has 1 atom stereocenters. The summed E-state index contributed by atoms with van der Waals surface area (Å²) in [6.07, 6.45) is 0.0244. The van der Waals surface area contributed by atoms with Crippen LogP contribution in [0.2, 0.25) is 0 Å². The van der Waals surface area contributed by atoms with Crippen LogP contribution in [-0.4, -0.2) is 22.9 Å². The molecule has 0 saturated carbocycles. The van der Waals surface area contributed by atoms with Crippen LogP contribution in [0.1, 0.15) is 41.5 Å². The largest absolute Gasteiger partial charge is 0.507 e. The van der Waals surface area contributed by atoms with Crippen molar-refractivity contribution in [2.75, 3.05) is 4.90 Å². The summed E-state index contributed by atoms with van der Waals surface area (Å²) in [6, 6.07) is 15.7. The molecular weight excluding hydrogens is 422 g/mol. The minimum absolute atomic E-state index is 0.0244. The number of thiophene rings is 1. The zero-order chi connectivity index (χ0) is 23.0. The molecule has 6 heteroatoms. The van der Waals surface area contributed by atoms with Gasteiger partial charge in [0.25, 0.3) is 11.7 Å². The van der Waals surface area contributed by atoms with Crippen LogP contribution in [-0.2, 0) is 9.59 Å². The number of Topliss-reactive ketones (excluding diaryl/α,β-unsaturated/α-hetero) is 1. The monoisotopic (exact) mass is 447 g/mol. The fraction of sp³-hybridized carbons (Fsp3) is 0.231. The lowest BCUT2D eigenvalue weighted by atomic mass is 9.99. The lowest BCUT2D eigenvalue weighted by Crippen LogP contribution is -2.29. The minimum atomic E-state index is -0.692. The molecule has 1 N–H and O–H groups in total. The summed E-state index contributed by atoms with van der Waals surface area (Å²) in [6.45, 7) is 7.77. The van der Waals surface area contributed by atoms with Gasteiger partial charge in [0.15, 0.2) is 0 Å². The molecule has 1 amide bonds. The fourth-order valence-corrected chi connectivity index (χ4v) is 4.82. The van der Waals surface area contributed by atoms with Crippen molar-refractivity contribution in [1.82, 2.24) is 0 Å². The van der Waals surface area contributed by atoms with Crippen LogP contribution < -0.4 is 9.64 Å². The third-order valence-electron chi connectivity index (χ3n) is 5.37. The summed E-state index contributed by atoms with van der Waals surface area (Å²) in [5.41, 5.74) is 3.18. The van der Waals surface area contributed by atoms with Gasteiger partial charge in [-0.1, -0.05) is 23.8 Å². The molecule has 32 heavy (non-hydrogen) atoms. The van der Waals surface area contributed by atoms with Crippen LogP contribution in [0.5, 0.6) is 5.75 Å². The fourth-order valence-electron chi connectivity index (χ4n) is 3.99. The third kappa shape index (κ3) is 3.94. The van der Waals surface area contributed by atoms with E-state index in [1.165, 1.54) is 16.2 Å². The van der Waals surface area contributed by atoms with Crippen LogP contribution >= 0.6 is 11.3 Å². The lowest BCUT2D eigenvalue weighted by molar-refractivity contribution is -0.132. The van der Waals surface area contributed by atoms with E-state index in [9.17, 15) is 14.7 Å². The highest BCUT2D eigenvalue weighted by Crippen LogP contribution is 2.44. The topological polar surface area (TPSA) is 66.8 Å². The van der Waals surface area contributed by atoms with Gasteiger partial charge in [0.2, 0.25) is 0 Å². The summed E-state index contributed by atoms with van der Waals surface area (Å²) in [7, 11) is 0. The van der Waals surface area contributed by atoms with Crippen molar-refractivity contribution in [2.45, 2.75) is 39.8 Å². The van der Waals surface area contributed by atoms with Crippen LogP contribution in [0.15, 0.2) is 65.6 Å². The average molecular weight is 448 g/mol. The molecule has 0 bridgehead atoms. The van der Waals surface area contributed by atoms with Crippen LogP contribution in [0.25, 0.3) is 5.76 Å². The van der Waals surface area contributed by atoms with Gasteiger partial charge in [0.05, 0.1) is 11.7 Å². The van der Waals surface area contributed by atoms with Crippen LogP contribution in [0, 0.1) is 13.8 Å². The van der Waals surface area contributed by atoms with E-state index in [-0.39, 0.29) is 17.4 Å². The number of benzene rings is 2. The Morgan fingerprint density at radius 1 is 1.06 bits per heavy atom. The maximum absolute atomic E-state index is 13.2. The van der Waals surface area contributed by atoms with Crippen molar-refractivity contribution >= 4 is 34.5 Å². The van der Waals surface area contributed by atoms with Crippen molar-refractivity contribution in [3.63, 3.8) is 0 Å². The number of amides is 1. The van der Waals surface area contributed by atoms with Crippen molar-refractivity contribution < 1.29 is 19.4 Å². The van der Waals surface area contributed by atoms with Gasteiger partial charge in [-0.25, -0.2) is 0 Å². The molecular formula is C26H25NO4S. The number of anilines is 1. The summed E-state index contributed by atoms with van der Waals surface area (Å²) in [5, 5.41) is 13.1. The van der Waals surface area contributed by atoms with Crippen LogP contribution in [0.3, 0.4) is 0 Å². The van der Waals surface area contributed by atoms with Gasteiger partial charge < -0.3 is 9.84 Å². The van der Waals surface area contributed by atoms with E-state index in [2.05, 4.69) is 0 Å². The number of aliphatic hydroxyl groups is 1. The molecule has 1 aliphatic heterocycles. The highest BCUT2D eigenvalue weighted by atomic mass is 32.1. The first-order chi connectivity index (χ1) is 15.3. The Balaban J connectivity index is 1.85. The molecule has 5 nitrogen and oxygen atoms in total. The summed E-state index contributed by atoms with van der Waals surface area (Å²) in [5.74, 6) is -0.854. The van der Waals surface area contributed by atoms with Gasteiger partial charge >= 0.3 is 0 Å². The number of aryl methyl sites for hydroxylation is 2. The Morgan fingerprint density at radius 3 is 2.38 bits per heavy atom. The number of aliphatic hydroxyl groups excluding tert-OH is 1. The maximum atomic E-state index is 13.2. The molecule has 0 spiro atoms. The number of hydrogen-bond donors (Lipinski definition) is 1. The van der Waals surface area contributed by atoms with Gasteiger partial charge in [-0.05, 0) is 75.0 Å². The quantitative estimate of drug-likeness (QED) is 0.306. The number of carbonyl (C=O) groups excluding carboxylic acids is 2. The second-order valence-electron chi connectivity index (χ2n) is 8.17.